The molecule has 0 aliphatic carbocycles. The number of hydrogen-bond acceptors (Lipinski definition) is 5. The molecule has 0 radical (unpaired) electrons. The van der Waals surface area contributed by atoms with E-state index in [9.17, 15) is 8.42 Å². The number of aromatic nitrogens is 1. The molecular weight excluding hydrogens is 442 g/mol. The summed E-state index contributed by atoms with van der Waals surface area (Å²) in [5.74, 6) is 1.35. The van der Waals surface area contributed by atoms with E-state index in [4.69, 9.17) is 4.74 Å². The number of fused-ring (bicyclic) bond motifs is 2. The lowest BCUT2D eigenvalue weighted by Crippen LogP contribution is -2.28. The van der Waals surface area contributed by atoms with Crippen LogP contribution in [0.25, 0.3) is 10.9 Å². The third-order valence-electron chi connectivity index (χ3n) is 6.27. The van der Waals surface area contributed by atoms with Gasteiger partial charge in [-0.1, -0.05) is 32.0 Å². The highest BCUT2D eigenvalue weighted by molar-refractivity contribution is 8.01. The van der Waals surface area contributed by atoms with Gasteiger partial charge in [-0.25, -0.2) is 8.42 Å². The number of benzene rings is 2. The van der Waals surface area contributed by atoms with Gasteiger partial charge in [0.2, 0.25) is 10.0 Å². The first-order valence-corrected chi connectivity index (χ1v) is 13.6. The maximum atomic E-state index is 13.2. The molecule has 3 aromatic rings. The van der Waals surface area contributed by atoms with Gasteiger partial charge in [0.15, 0.2) is 0 Å². The van der Waals surface area contributed by atoms with Crippen LogP contribution < -0.4 is 9.46 Å². The minimum absolute atomic E-state index is 0.529. The van der Waals surface area contributed by atoms with Crippen LogP contribution in [0.1, 0.15) is 30.4 Å². The maximum absolute atomic E-state index is 13.2. The summed E-state index contributed by atoms with van der Waals surface area (Å²) in [6, 6.07) is 13.4. The van der Waals surface area contributed by atoms with Crippen molar-refractivity contribution in [1.29, 1.82) is 0 Å². The molecule has 0 saturated heterocycles. The normalized spacial score (nSPS) is 16.0. The Kier molecular flexibility index (Phi) is 6.74. The Morgan fingerprint density at radius 2 is 1.94 bits per heavy atom. The number of rotatable bonds is 9. The summed E-state index contributed by atoms with van der Waals surface area (Å²) in [4.78, 5) is 3.36. The fourth-order valence-electron chi connectivity index (χ4n) is 4.23. The molecule has 1 aliphatic rings. The first-order valence-electron chi connectivity index (χ1n) is 11.0. The predicted octanol–water partition coefficient (Wildman–Crippen LogP) is 4.80. The van der Waals surface area contributed by atoms with E-state index in [1.54, 1.807) is 11.8 Å². The number of nitrogens with zero attached hydrogens (tertiary/aromatic N) is 2. The van der Waals surface area contributed by atoms with Gasteiger partial charge in [-0.15, -0.1) is 11.8 Å². The zero-order valence-electron chi connectivity index (χ0n) is 19.1. The lowest BCUT2D eigenvalue weighted by Gasteiger charge is -2.18. The van der Waals surface area contributed by atoms with Crippen LogP contribution in [0.15, 0.2) is 47.4 Å². The average molecular weight is 474 g/mol. The highest BCUT2D eigenvalue weighted by Gasteiger charge is 2.34. The SMILES string of the molecule is CCN(CC)CCOc1c(C)n(C)c2ccc(NS(=O)(=O)C3CSc4ccccc43)cc12. The van der Waals surface area contributed by atoms with Gasteiger partial charge in [-0.05, 0) is 49.8 Å². The molecule has 1 aromatic heterocycles. The van der Waals surface area contributed by atoms with Gasteiger partial charge in [0, 0.05) is 35.3 Å². The second kappa shape index (κ2) is 9.37. The molecule has 1 atom stereocenters. The van der Waals surface area contributed by atoms with E-state index in [0.29, 0.717) is 18.0 Å². The van der Waals surface area contributed by atoms with E-state index >= 15 is 0 Å². The van der Waals surface area contributed by atoms with E-state index in [1.807, 2.05) is 56.4 Å². The molecular formula is C24H31N3O3S2. The second-order valence-corrected chi connectivity index (χ2v) is 11.0. The van der Waals surface area contributed by atoms with Crippen molar-refractivity contribution in [3.05, 3.63) is 53.7 Å². The van der Waals surface area contributed by atoms with E-state index in [1.165, 1.54) is 0 Å². The molecule has 1 aliphatic heterocycles. The zero-order valence-corrected chi connectivity index (χ0v) is 20.7. The number of hydrogen-bond donors (Lipinski definition) is 1. The number of thioether (sulfide) groups is 1. The van der Waals surface area contributed by atoms with E-state index in [-0.39, 0.29) is 0 Å². The highest BCUT2D eigenvalue weighted by atomic mass is 32.2. The number of likely N-dealkylation sites (N-methyl/N-ethyl adjacent to an activating group) is 1. The fourth-order valence-corrected chi connectivity index (χ4v) is 7.42. The smallest absolute Gasteiger partial charge is 0.240 e. The molecule has 1 unspecified atom stereocenters. The van der Waals surface area contributed by atoms with Gasteiger partial charge < -0.3 is 14.2 Å². The van der Waals surface area contributed by atoms with Crippen LogP contribution in [0, 0.1) is 6.92 Å². The summed E-state index contributed by atoms with van der Waals surface area (Å²) < 4.78 is 37.5. The third-order valence-corrected chi connectivity index (χ3v) is 9.36. The molecule has 8 heteroatoms. The molecule has 0 amide bonds. The Hall–Kier alpha value is -2.16. The van der Waals surface area contributed by atoms with Crippen molar-refractivity contribution in [2.75, 3.05) is 36.7 Å². The summed E-state index contributed by atoms with van der Waals surface area (Å²) >= 11 is 1.59. The lowest BCUT2D eigenvalue weighted by molar-refractivity contribution is 0.223. The van der Waals surface area contributed by atoms with Crippen LogP contribution >= 0.6 is 11.8 Å². The Labute approximate surface area is 195 Å². The summed E-state index contributed by atoms with van der Waals surface area (Å²) in [6.45, 7) is 9.75. The number of nitrogens with one attached hydrogen (secondary N) is 1. The lowest BCUT2D eigenvalue weighted by atomic mass is 10.2. The van der Waals surface area contributed by atoms with Crippen LogP contribution in [0.2, 0.25) is 0 Å². The Balaban J connectivity index is 1.59. The topological polar surface area (TPSA) is 63.6 Å². The van der Waals surface area contributed by atoms with Crippen molar-refractivity contribution >= 4 is 38.4 Å². The number of anilines is 1. The van der Waals surface area contributed by atoms with Crippen LogP contribution in [0.5, 0.6) is 5.75 Å². The largest absolute Gasteiger partial charge is 0.490 e. The van der Waals surface area contributed by atoms with Gasteiger partial charge in [-0.2, -0.15) is 0 Å². The quantitative estimate of drug-likeness (QED) is 0.484. The van der Waals surface area contributed by atoms with Crippen LogP contribution in [0.4, 0.5) is 5.69 Å². The Morgan fingerprint density at radius 3 is 2.69 bits per heavy atom. The van der Waals surface area contributed by atoms with Crippen molar-refractivity contribution in [2.45, 2.75) is 30.9 Å². The molecule has 1 N–H and O–H groups in total. The molecule has 172 valence electrons. The van der Waals surface area contributed by atoms with Crippen molar-refractivity contribution in [3.8, 4) is 5.75 Å². The second-order valence-electron chi connectivity index (χ2n) is 8.07. The van der Waals surface area contributed by atoms with E-state index < -0.39 is 15.3 Å². The van der Waals surface area contributed by atoms with Crippen LogP contribution in [-0.2, 0) is 17.1 Å². The van der Waals surface area contributed by atoms with Crippen molar-refractivity contribution in [2.24, 2.45) is 7.05 Å². The first kappa shape index (κ1) is 23.0. The van der Waals surface area contributed by atoms with Gasteiger partial charge >= 0.3 is 0 Å². The van der Waals surface area contributed by atoms with Gasteiger partial charge in [0.1, 0.15) is 17.6 Å². The number of aryl methyl sites for hydroxylation is 1. The minimum Gasteiger partial charge on any atom is -0.490 e. The average Bonchev–Trinajstić information content (AvgIpc) is 3.32. The van der Waals surface area contributed by atoms with E-state index in [0.717, 1.165) is 52.4 Å². The molecule has 0 fully saturated rings. The van der Waals surface area contributed by atoms with Crippen molar-refractivity contribution in [1.82, 2.24) is 9.47 Å². The van der Waals surface area contributed by atoms with Crippen molar-refractivity contribution in [3.63, 3.8) is 0 Å². The summed E-state index contributed by atoms with van der Waals surface area (Å²) in [5, 5.41) is 0.368. The molecule has 6 nitrogen and oxygen atoms in total. The first-order chi connectivity index (χ1) is 15.4. The maximum Gasteiger partial charge on any atom is 0.240 e. The summed E-state index contributed by atoms with van der Waals surface area (Å²) in [5.41, 5.74) is 3.49. The highest BCUT2D eigenvalue weighted by Crippen LogP contribution is 2.43. The zero-order chi connectivity index (χ0) is 22.9. The molecule has 2 aromatic carbocycles. The van der Waals surface area contributed by atoms with Crippen LogP contribution in [-0.4, -0.2) is 49.9 Å². The van der Waals surface area contributed by atoms with Crippen LogP contribution in [0.3, 0.4) is 0 Å². The van der Waals surface area contributed by atoms with Gasteiger partial charge in [-0.3, -0.25) is 4.72 Å². The molecule has 0 bridgehead atoms. The molecule has 2 heterocycles. The summed E-state index contributed by atoms with van der Waals surface area (Å²) in [6.07, 6.45) is 0. The third kappa shape index (κ3) is 4.36. The van der Waals surface area contributed by atoms with Gasteiger partial charge in [0.05, 0.1) is 11.2 Å². The van der Waals surface area contributed by atoms with E-state index in [2.05, 4.69) is 28.0 Å². The minimum atomic E-state index is -3.57. The molecule has 0 spiro atoms. The number of ether oxygens (including phenoxy) is 1. The Bertz CT molecular complexity index is 1220. The monoisotopic (exact) mass is 473 g/mol. The van der Waals surface area contributed by atoms with Gasteiger partial charge in [0.25, 0.3) is 0 Å². The summed E-state index contributed by atoms with van der Waals surface area (Å²) in [7, 11) is -1.57. The molecule has 0 saturated carbocycles. The predicted molar refractivity (Wildman–Crippen MR) is 133 cm³/mol. The number of sulfonamides is 1. The Morgan fingerprint density at radius 1 is 1.19 bits per heavy atom. The standard InChI is InChI=1S/C24H31N3O3S2/c1-5-27(6-2)13-14-30-24-17(3)26(4)21-12-11-18(15-20(21)24)25-32(28,29)23-16-31-22-10-8-7-9-19(22)23/h7-12,15,23,25H,5-6,13-14,16H2,1-4H3. The fraction of sp³-hybridized carbons (Fsp3) is 0.417. The van der Waals surface area contributed by atoms with Crippen molar-refractivity contribution < 1.29 is 13.2 Å². The molecule has 32 heavy (non-hydrogen) atoms. The molecule has 4 rings (SSSR count).